The molecule has 25 heavy (non-hydrogen) atoms. The van der Waals surface area contributed by atoms with Crippen LogP contribution in [0.1, 0.15) is 15.9 Å². The van der Waals surface area contributed by atoms with Crippen molar-refractivity contribution in [2.24, 2.45) is 0 Å². The Morgan fingerprint density at radius 1 is 1.08 bits per heavy atom. The minimum Gasteiger partial charge on any atom is -0.493 e. The number of nitrogens with zero attached hydrogens (tertiary/aromatic N) is 2. The van der Waals surface area contributed by atoms with Gasteiger partial charge in [-0.3, -0.25) is 10.1 Å². The van der Waals surface area contributed by atoms with E-state index in [4.69, 9.17) is 13.9 Å². The SMILES string of the molecule is COc1cccc(C(=O)Nc2nnc(-c3cccc(C)c3)o2)c1OC. The summed E-state index contributed by atoms with van der Waals surface area (Å²) in [5, 5.41) is 10.4. The molecular formula is C18H17N3O4. The standard InChI is InChI=1S/C18H17N3O4/c1-11-6-4-7-12(10-11)17-20-21-18(25-17)19-16(22)13-8-5-9-14(23-2)15(13)24-3/h4-10H,1-3H3,(H,19,21,22). The summed E-state index contributed by atoms with van der Waals surface area (Å²) in [6.07, 6.45) is 0. The van der Waals surface area contributed by atoms with Gasteiger partial charge in [0.25, 0.3) is 5.91 Å². The summed E-state index contributed by atoms with van der Waals surface area (Å²) in [7, 11) is 2.98. The third kappa shape index (κ3) is 3.45. The Morgan fingerprint density at radius 3 is 2.60 bits per heavy atom. The molecular weight excluding hydrogens is 322 g/mol. The van der Waals surface area contributed by atoms with Gasteiger partial charge in [0.05, 0.1) is 19.8 Å². The number of aryl methyl sites for hydroxylation is 1. The van der Waals surface area contributed by atoms with Crippen LogP contribution in [0.5, 0.6) is 11.5 Å². The Balaban J connectivity index is 1.83. The monoisotopic (exact) mass is 339 g/mol. The average Bonchev–Trinajstić information content (AvgIpc) is 3.09. The highest BCUT2D eigenvalue weighted by molar-refractivity contribution is 6.05. The normalized spacial score (nSPS) is 10.4. The van der Waals surface area contributed by atoms with Gasteiger partial charge in [-0.25, -0.2) is 0 Å². The van der Waals surface area contributed by atoms with Crippen LogP contribution in [0, 0.1) is 6.92 Å². The van der Waals surface area contributed by atoms with Crippen molar-refractivity contribution in [1.29, 1.82) is 0 Å². The Bertz CT molecular complexity index is 905. The van der Waals surface area contributed by atoms with Gasteiger partial charge in [0.1, 0.15) is 0 Å². The van der Waals surface area contributed by atoms with Crippen molar-refractivity contribution in [3.05, 3.63) is 53.6 Å². The summed E-state index contributed by atoms with van der Waals surface area (Å²) in [5.41, 5.74) is 2.16. The third-order valence-corrected chi connectivity index (χ3v) is 3.56. The number of nitrogens with one attached hydrogen (secondary N) is 1. The van der Waals surface area contributed by atoms with Crippen molar-refractivity contribution in [1.82, 2.24) is 10.2 Å². The van der Waals surface area contributed by atoms with E-state index in [9.17, 15) is 4.79 Å². The van der Waals surface area contributed by atoms with Gasteiger partial charge in [-0.2, -0.15) is 0 Å². The molecule has 7 heteroatoms. The summed E-state index contributed by atoms with van der Waals surface area (Å²) in [4.78, 5) is 12.5. The van der Waals surface area contributed by atoms with Gasteiger partial charge in [-0.15, -0.1) is 5.10 Å². The third-order valence-electron chi connectivity index (χ3n) is 3.56. The number of anilines is 1. The Hall–Kier alpha value is -3.35. The molecule has 7 nitrogen and oxygen atoms in total. The van der Waals surface area contributed by atoms with Crippen molar-refractivity contribution in [3.63, 3.8) is 0 Å². The van der Waals surface area contributed by atoms with Crippen molar-refractivity contribution in [2.75, 3.05) is 19.5 Å². The summed E-state index contributed by atoms with van der Waals surface area (Å²) < 4.78 is 16.0. The molecule has 1 heterocycles. The molecule has 0 fully saturated rings. The van der Waals surface area contributed by atoms with E-state index in [0.29, 0.717) is 23.0 Å². The summed E-state index contributed by atoms with van der Waals surface area (Å²) in [6.45, 7) is 1.97. The number of ether oxygens (including phenoxy) is 2. The lowest BCUT2D eigenvalue weighted by Gasteiger charge is -2.11. The van der Waals surface area contributed by atoms with Gasteiger partial charge in [0.2, 0.25) is 5.89 Å². The van der Waals surface area contributed by atoms with Gasteiger partial charge >= 0.3 is 6.01 Å². The van der Waals surface area contributed by atoms with Gasteiger partial charge in [0.15, 0.2) is 11.5 Å². The molecule has 1 amide bonds. The highest BCUT2D eigenvalue weighted by atomic mass is 16.5. The minimum absolute atomic E-state index is 0.00591. The number of carbonyl (C=O) groups excluding carboxylic acids is 1. The maximum absolute atomic E-state index is 12.5. The number of carbonyl (C=O) groups is 1. The van der Waals surface area contributed by atoms with E-state index in [1.54, 1.807) is 18.2 Å². The first kappa shape index (κ1) is 16.5. The van der Waals surface area contributed by atoms with E-state index in [-0.39, 0.29) is 6.01 Å². The predicted octanol–water partition coefficient (Wildman–Crippen LogP) is 3.31. The van der Waals surface area contributed by atoms with Crippen LogP contribution in [0.15, 0.2) is 46.9 Å². The molecule has 0 saturated heterocycles. The Morgan fingerprint density at radius 2 is 1.88 bits per heavy atom. The average molecular weight is 339 g/mol. The van der Waals surface area contributed by atoms with E-state index in [1.165, 1.54) is 14.2 Å². The number of para-hydroxylation sites is 1. The van der Waals surface area contributed by atoms with E-state index in [2.05, 4.69) is 15.5 Å². The van der Waals surface area contributed by atoms with E-state index < -0.39 is 5.91 Å². The largest absolute Gasteiger partial charge is 0.493 e. The van der Waals surface area contributed by atoms with Crippen LogP contribution >= 0.6 is 0 Å². The molecule has 0 bridgehead atoms. The minimum atomic E-state index is -0.435. The second-order valence-corrected chi connectivity index (χ2v) is 5.28. The van der Waals surface area contributed by atoms with Crippen molar-refractivity contribution < 1.29 is 18.7 Å². The van der Waals surface area contributed by atoms with E-state index >= 15 is 0 Å². The van der Waals surface area contributed by atoms with Gasteiger partial charge < -0.3 is 13.9 Å². The molecule has 0 unspecified atom stereocenters. The molecule has 3 aromatic rings. The van der Waals surface area contributed by atoms with Crippen LogP contribution in [0.25, 0.3) is 11.5 Å². The number of benzene rings is 2. The van der Waals surface area contributed by atoms with Gasteiger partial charge in [-0.1, -0.05) is 28.9 Å². The molecule has 128 valence electrons. The molecule has 0 aliphatic heterocycles. The fourth-order valence-electron chi connectivity index (χ4n) is 2.40. The molecule has 0 aliphatic rings. The fourth-order valence-corrected chi connectivity index (χ4v) is 2.40. The number of amides is 1. The zero-order valence-electron chi connectivity index (χ0n) is 14.1. The maximum Gasteiger partial charge on any atom is 0.322 e. The van der Waals surface area contributed by atoms with Crippen molar-refractivity contribution >= 4 is 11.9 Å². The lowest BCUT2D eigenvalue weighted by molar-refractivity contribution is 0.102. The summed E-state index contributed by atoms with van der Waals surface area (Å²) in [5.74, 6) is 0.689. The quantitative estimate of drug-likeness (QED) is 0.767. The highest BCUT2D eigenvalue weighted by Gasteiger charge is 2.19. The lowest BCUT2D eigenvalue weighted by Crippen LogP contribution is -2.13. The number of hydrogen-bond donors (Lipinski definition) is 1. The van der Waals surface area contributed by atoms with Crippen molar-refractivity contribution in [2.45, 2.75) is 6.92 Å². The van der Waals surface area contributed by atoms with Gasteiger partial charge in [-0.05, 0) is 31.2 Å². The molecule has 0 spiro atoms. The predicted molar refractivity (Wildman–Crippen MR) is 92.0 cm³/mol. The highest BCUT2D eigenvalue weighted by Crippen LogP contribution is 2.31. The molecule has 0 aliphatic carbocycles. The first-order valence-electron chi connectivity index (χ1n) is 7.55. The molecule has 0 radical (unpaired) electrons. The number of aromatic nitrogens is 2. The topological polar surface area (TPSA) is 86.5 Å². The zero-order chi connectivity index (χ0) is 17.8. The molecule has 3 rings (SSSR count). The van der Waals surface area contributed by atoms with Crippen LogP contribution in [0.4, 0.5) is 6.01 Å². The molecule has 1 aromatic heterocycles. The molecule has 0 atom stereocenters. The smallest absolute Gasteiger partial charge is 0.322 e. The fraction of sp³-hybridized carbons (Fsp3) is 0.167. The number of methoxy groups -OCH3 is 2. The second kappa shape index (κ2) is 7.04. The van der Waals surface area contributed by atoms with Crippen molar-refractivity contribution in [3.8, 4) is 23.0 Å². The molecule has 1 N–H and O–H groups in total. The van der Waals surface area contributed by atoms with Crippen LogP contribution < -0.4 is 14.8 Å². The van der Waals surface area contributed by atoms with E-state index in [0.717, 1.165) is 11.1 Å². The first-order valence-corrected chi connectivity index (χ1v) is 7.55. The van der Waals surface area contributed by atoms with E-state index in [1.807, 2.05) is 31.2 Å². The summed E-state index contributed by atoms with van der Waals surface area (Å²) >= 11 is 0. The molecule has 0 saturated carbocycles. The maximum atomic E-state index is 12.5. The zero-order valence-corrected chi connectivity index (χ0v) is 14.1. The van der Waals surface area contributed by atoms with Crippen LogP contribution in [0.2, 0.25) is 0 Å². The second-order valence-electron chi connectivity index (χ2n) is 5.28. The Kier molecular flexibility index (Phi) is 4.65. The van der Waals surface area contributed by atoms with Crippen LogP contribution in [-0.2, 0) is 0 Å². The first-order chi connectivity index (χ1) is 12.1. The van der Waals surface area contributed by atoms with Crippen LogP contribution in [0.3, 0.4) is 0 Å². The van der Waals surface area contributed by atoms with Crippen LogP contribution in [-0.4, -0.2) is 30.3 Å². The van der Waals surface area contributed by atoms with Gasteiger partial charge in [0, 0.05) is 5.56 Å². The Labute approximate surface area is 144 Å². The number of hydrogen-bond acceptors (Lipinski definition) is 6. The summed E-state index contributed by atoms with van der Waals surface area (Å²) in [6, 6.07) is 12.7. The molecule has 2 aromatic carbocycles. The lowest BCUT2D eigenvalue weighted by atomic mass is 10.1. The number of rotatable bonds is 5.